The molecule has 1 radical (unpaired) electrons. The zero-order valence-corrected chi connectivity index (χ0v) is 9.97. The quantitative estimate of drug-likeness (QED) is 0.744. The molecule has 1 saturated heterocycles. The van der Waals surface area contributed by atoms with E-state index in [4.69, 9.17) is 4.74 Å². The molecule has 1 fully saturated rings. The summed E-state index contributed by atoms with van der Waals surface area (Å²) in [6, 6.07) is 9.67. The summed E-state index contributed by atoms with van der Waals surface area (Å²) < 4.78 is 5.34. The first-order valence-electron chi connectivity index (χ1n) is 6.05. The first kappa shape index (κ1) is 12.1. The maximum absolute atomic E-state index is 11.9. The molecule has 1 atom stereocenters. The molecular weight excluding hydrogens is 214 g/mol. The van der Waals surface area contributed by atoms with Gasteiger partial charge in [-0.3, -0.25) is 9.69 Å². The molecule has 1 heterocycles. The molecule has 1 aromatic rings. The number of ether oxygens (including phenoxy) is 1. The second kappa shape index (κ2) is 5.82. The molecule has 1 aromatic carbocycles. The fourth-order valence-electron chi connectivity index (χ4n) is 2.19. The van der Waals surface area contributed by atoms with Crippen LogP contribution in [0.25, 0.3) is 0 Å². The Labute approximate surface area is 102 Å². The minimum atomic E-state index is -0.116. The molecule has 0 aromatic heterocycles. The number of rotatable bonds is 4. The lowest BCUT2D eigenvalue weighted by molar-refractivity contribution is -0.150. The average Bonchev–Trinajstić information content (AvgIpc) is 2.85. The van der Waals surface area contributed by atoms with E-state index < -0.39 is 0 Å². The van der Waals surface area contributed by atoms with Crippen molar-refractivity contribution in [3.63, 3.8) is 0 Å². The van der Waals surface area contributed by atoms with Crippen LogP contribution in [0.2, 0.25) is 0 Å². The van der Waals surface area contributed by atoms with E-state index in [1.165, 1.54) is 0 Å². The summed E-state index contributed by atoms with van der Waals surface area (Å²) in [5, 5.41) is 0. The summed E-state index contributed by atoms with van der Waals surface area (Å²) in [6.07, 6.45) is 1.95. The lowest BCUT2D eigenvalue weighted by Gasteiger charge is -2.20. The molecular formula is C14H18NO2. The normalized spacial score (nSPS) is 20.4. The molecule has 0 N–H and O–H groups in total. The van der Waals surface area contributed by atoms with Gasteiger partial charge in [0.1, 0.15) is 12.6 Å². The summed E-state index contributed by atoms with van der Waals surface area (Å²) in [5.41, 5.74) is 1.03. The van der Waals surface area contributed by atoms with E-state index in [-0.39, 0.29) is 12.0 Å². The van der Waals surface area contributed by atoms with Crippen molar-refractivity contribution >= 4 is 5.97 Å². The fraction of sp³-hybridized carbons (Fsp3) is 0.429. The highest BCUT2D eigenvalue weighted by Crippen LogP contribution is 2.18. The Morgan fingerprint density at radius 3 is 2.88 bits per heavy atom. The maximum Gasteiger partial charge on any atom is 0.323 e. The van der Waals surface area contributed by atoms with Crippen LogP contribution in [0.5, 0.6) is 0 Å². The topological polar surface area (TPSA) is 29.5 Å². The van der Waals surface area contributed by atoms with Gasteiger partial charge in [-0.15, -0.1) is 0 Å². The third kappa shape index (κ3) is 3.07. The standard InChI is InChI=1S/C14H18NO2/c1-2-15-10-6-9-13(15)14(16)17-11-12-7-4-3-5-8-12/h3-5,7-8,13H,1-2,6,9-11H2. The number of hydrogen-bond acceptors (Lipinski definition) is 3. The number of carbonyl (C=O) groups is 1. The molecule has 0 bridgehead atoms. The first-order valence-corrected chi connectivity index (χ1v) is 6.05. The highest BCUT2D eigenvalue weighted by atomic mass is 16.5. The van der Waals surface area contributed by atoms with E-state index in [9.17, 15) is 4.79 Å². The van der Waals surface area contributed by atoms with Gasteiger partial charge in [0.05, 0.1) is 0 Å². The van der Waals surface area contributed by atoms with E-state index in [1.54, 1.807) is 0 Å². The van der Waals surface area contributed by atoms with Gasteiger partial charge in [0, 0.05) is 0 Å². The van der Waals surface area contributed by atoms with Gasteiger partial charge in [0.15, 0.2) is 0 Å². The zero-order valence-electron chi connectivity index (χ0n) is 9.97. The van der Waals surface area contributed by atoms with E-state index in [0.29, 0.717) is 13.2 Å². The minimum Gasteiger partial charge on any atom is -0.460 e. The number of benzene rings is 1. The lowest BCUT2D eigenvalue weighted by Crippen LogP contribution is -2.37. The van der Waals surface area contributed by atoms with Gasteiger partial charge >= 0.3 is 5.97 Å². The number of nitrogens with zero attached hydrogens (tertiary/aromatic N) is 1. The lowest BCUT2D eigenvalue weighted by atomic mass is 10.2. The largest absolute Gasteiger partial charge is 0.460 e. The molecule has 17 heavy (non-hydrogen) atoms. The highest BCUT2D eigenvalue weighted by molar-refractivity contribution is 5.76. The predicted molar refractivity (Wildman–Crippen MR) is 66.2 cm³/mol. The summed E-state index contributed by atoms with van der Waals surface area (Å²) in [4.78, 5) is 14.0. The molecule has 1 aliphatic heterocycles. The minimum absolute atomic E-state index is 0.0868. The van der Waals surface area contributed by atoms with Crippen molar-refractivity contribution in [2.75, 3.05) is 13.1 Å². The van der Waals surface area contributed by atoms with Gasteiger partial charge in [-0.2, -0.15) is 0 Å². The van der Waals surface area contributed by atoms with Gasteiger partial charge in [0.2, 0.25) is 0 Å². The SMILES string of the molecule is [CH2]CN1CCCC1C(=O)OCc1ccccc1. The molecule has 1 aliphatic rings. The Morgan fingerprint density at radius 2 is 2.18 bits per heavy atom. The molecule has 0 saturated carbocycles. The molecule has 3 nitrogen and oxygen atoms in total. The van der Waals surface area contributed by atoms with Gasteiger partial charge in [0.25, 0.3) is 0 Å². The smallest absolute Gasteiger partial charge is 0.323 e. The highest BCUT2D eigenvalue weighted by Gasteiger charge is 2.30. The van der Waals surface area contributed by atoms with Gasteiger partial charge in [-0.1, -0.05) is 30.3 Å². The molecule has 0 aliphatic carbocycles. The Morgan fingerprint density at radius 1 is 1.41 bits per heavy atom. The van der Waals surface area contributed by atoms with Crippen molar-refractivity contribution in [1.29, 1.82) is 0 Å². The van der Waals surface area contributed by atoms with Crippen LogP contribution in [0.15, 0.2) is 30.3 Å². The molecule has 2 rings (SSSR count). The summed E-state index contributed by atoms with van der Waals surface area (Å²) in [6.45, 7) is 5.82. The van der Waals surface area contributed by atoms with Crippen LogP contribution in [0, 0.1) is 6.92 Å². The number of likely N-dealkylation sites (tertiary alicyclic amines) is 1. The van der Waals surface area contributed by atoms with Crippen molar-refractivity contribution in [3.05, 3.63) is 42.8 Å². The molecule has 3 heteroatoms. The van der Waals surface area contributed by atoms with Crippen molar-refractivity contribution < 1.29 is 9.53 Å². The molecule has 1 unspecified atom stereocenters. The van der Waals surface area contributed by atoms with Crippen LogP contribution >= 0.6 is 0 Å². The first-order chi connectivity index (χ1) is 8.31. The van der Waals surface area contributed by atoms with E-state index in [2.05, 4.69) is 11.8 Å². The van der Waals surface area contributed by atoms with E-state index >= 15 is 0 Å². The molecule has 0 amide bonds. The van der Waals surface area contributed by atoms with Crippen molar-refractivity contribution in [2.24, 2.45) is 0 Å². The fourth-order valence-corrected chi connectivity index (χ4v) is 2.19. The van der Waals surface area contributed by atoms with E-state index in [1.807, 2.05) is 30.3 Å². The van der Waals surface area contributed by atoms with Crippen molar-refractivity contribution in [3.8, 4) is 0 Å². The monoisotopic (exact) mass is 232 g/mol. The maximum atomic E-state index is 11.9. The Balaban J connectivity index is 1.85. The summed E-state index contributed by atoms with van der Waals surface area (Å²) >= 11 is 0. The third-order valence-electron chi connectivity index (χ3n) is 3.15. The second-order valence-electron chi connectivity index (χ2n) is 4.29. The van der Waals surface area contributed by atoms with Crippen molar-refractivity contribution in [2.45, 2.75) is 25.5 Å². The summed E-state index contributed by atoms with van der Waals surface area (Å²) in [7, 11) is 0. The summed E-state index contributed by atoms with van der Waals surface area (Å²) in [5.74, 6) is -0.116. The second-order valence-corrected chi connectivity index (χ2v) is 4.29. The molecule has 0 spiro atoms. The Hall–Kier alpha value is -1.35. The van der Waals surface area contributed by atoms with Crippen LogP contribution in [0.3, 0.4) is 0 Å². The van der Waals surface area contributed by atoms with Crippen LogP contribution in [0.4, 0.5) is 0 Å². The van der Waals surface area contributed by atoms with Gasteiger partial charge in [-0.05, 0) is 38.4 Å². The Bertz CT molecular complexity index is 364. The van der Waals surface area contributed by atoms with Crippen LogP contribution in [-0.4, -0.2) is 30.0 Å². The number of hydrogen-bond donors (Lipinski definition) is 0. The van der Waals surface area contributed by atoms with Crippen LogP contribution in [-0.2, 0) is 16.1 Å². The Kier molecular flexibility index (Phi) is 4.15. The number of carbonyl (C=O) groups excluding carboxylic acids is 1. The third-order valence-corrected chi connectivity index (χ3v) is 3.15. The zero-order chi connectivity index (χ0) is 12.1. The predicted octanol–water partition coefficient (Wildman–Crippen LogP) is 2.03. The number of esters is 1. The molecule has 91 valence electrons. The van der Waals surface area contributed by atoms with Crippen LogP contribution in [0.1, 0.15) is 18.4 Å². The average molecular weight is 232 g/mol. The van der Waals surface area contributed by atoms with Crippen molar-refractivity contribution in [1.82, 2.24) is 4.90 Å². The van der Waals surface area contributed by atoms with Crippen LogP contribution < -0.4 is 0 Å². The van der Waals surface area contributed by atoms with Gasteiger partial charge in [-0.25, -0.2) is 0 Å². The van der Waals surface area contributed by atoms with Gasteiger partial charge < -0.3 is 4.74 Å². The van der Waals surface area contributed by atoms with E-state index in [0.717, 1.165) is 24.9 Å².